The molecule has 0 atom stereocenters. The fourth-order valence-corrected chi connectivity index (χ4v) is 2.80. The highest BCUT2D eigenvalue weighted by Gasteiger charge is 2.06. The van der Waals surface area contributed by atoms with Gasteiger partial charge in [-0.3, -0.25) is 4.79 Å². The van der Waals surface area contributed by atoms with Gasteiger partial charge in [0.2, 0.25) is 5.91 Å². The molecular weight excluding hydrogens is 340 g/mol. The highest BCUT2D eigenvalue weighted by Crippen LogP contribution is 2.12. The second-order valence-corrected chi connectivity index (χ2v) is 6.36. The first-order valence-electron chi connectivity index (χ1n) is 9.02. The largest absolute Gasteiger partial charge is 0.368 e. The maximum Gasteiger partial charge on any atom is 0.220 e. The summed E-state index contributed by atoms with van der Waals surface area (Å²) in [7, 11) is 0. The number of carbonyl (C=O) groups excluding carboxylic acids is 1. The van der Waals surface area contributed by atoms with Crippen molar-refractivity contribution < 1.29 is 4.79 Å². The normalized spacial score (nSPS) is 10.6. The maximum absolute atomic E-state index is 11.9. The minimum absolute atomic E-state index is 0.0478. The number of benzene rings is 1. The molecular formula is C20H24N6O. The molecule has 2 heterocycles. The molecule has 0 aliphatic rings. The van der Waals surface area contributed by atoms with Crippen LogP contribution in [0.1, 0.15) is 23.4 Å². The van der Waals surface area contributed by atoms with E-state index in [-0.39, 0.29) is 5.91 Å². The van der Waals surface area contributed by atoms with Crippen LogP contribution in [0.3, 0.4) is 0 Å². The topological polar surface area (TPSA) is 84.7 Å². The van der Waals surface area contributed by atoms with Crippen molar-refractivity contribution in [1.29, 1.82) is 0 Å². The molecule has 1 aromatic carbocycles. The van der Waals surface area contributed by atoms with Gasteiger partial charge in [-0.25, -0.2) is 14.6 Å². The second kappa shape index (κ2) is 8.93. The van der Waals surface area contributed by atoms with Crippen LogP contribution in [0.2, 0.25) is 0 Å². The average Bonchev–Trinajstić information content (AvgIpc) is 3.03. The van der Waals surface area contributed by atoms with Crippen LogP contribution in [-0.2, 0) is 11.2 Å². The molecule has 0 unspecified atom stereocenters. The van der Waals surface area contributed by atoms with E-state index in [1.165, 1.54) is 11.9 Å². The fraction of sp³-hybridized carbons (Fsp3) is 0.300. The van der Waals surface area contributed by atoms with Crippen LogP contribution in [0.25, 0.3) is 5.82 Å². The zero-order chi connectivity index (χ0) is 19.1. The number of anilines is 1. The smallest absolute Gasteiger partial charge is 0.220 e. The number of hydrogen-bond donors (Lipinski definition) is 2. The van der Waals surface area contributed by atoms with Gasteiger partial charge in [0.1, 0.15) is 12.1 Å². The van der Waals surface area contributed by atoms with Crippen LogP contribution in [0.5, 0.6) is 0 Å². The van der Waals surface area contributed by atoms with Gasteiger partial charge in [-0.15, -0.1) is 0 Å². The van der Waals surface area contributed by atoms with Crippen LogP contribution in [-0.4, -0.2) is 38.7 Å². The number of carbonyl (C=O) groups is 1. The Labute approximate surface area is 158 Å². The lowest BCUT2D eigenvalue weighted by Crippen LogP contribution is -2.29. The highest BCUT2D eigenvalue weighted by atomic mass is 16.1. The summed E-state index contributed by atoms with van der Waals surface area (Å²) in [6, 6.07) is 13.9. The Morgan fingerprint density at radius 1 is 1.07 bits per heavy atom. The fourth-order valence-electron chi connectivity index (χ4n) is 2.80. The molecule has 3 aromatic rings. The van der Waals surface area contributed by atoms with Crippen molar-refractivity contribution in [1.82, 2.24) is 25.1 Å². The number of rotatable bonds is 8. The number of aryl methyl sites for hydroxylation is 3. The standard InChI is InChI=1S/C20H24N6O/c1-15-12-16(2)26(25-15)19-13-18(23-14-24-19)21-10-11-22-20(27)9-8-17-6-4-3-5-7-17/h3-7,12-14H,8-11H2,1-2H3,(H,22,27)(H,21,23,24). The van der Waals surface area contributed by atoms with Gasteiger partial charge in [-0.05, 0) is 31.9 Å². The van der Waals surface area contributed by atoms with Gasteiger partial charge in [0.15, 0.2) is 5.82 Å². The van der Waals surface area contributed by atoms with Crippen LogP contribution < -0.4 is 10.6 Å². The van der Waals surface area contributed by atoms with Crippen LogP contribution in [0, 0.1) is 13.8 Å². The van der Waals surface area contributed by atoms with E-state index in [1.54, 1.807) is 4.68 Å². The predicted octanol–water partition coefficient (Wildman–Crippen LogP) is 2.44. The molecule has 0 fully saturated rings. The molecule has 140 valence electrons. The molecule has 27 heavy (non-hydrogen) atoms. The number of amides is 1. The molecule has 0 saturated heterocycles. The van der Waals surface area contributed by atoms with Crippen LogP contribution in [0.15, 0.2) is 48.8 Å². The number of nitrogens with zero attached hydrogens (tertiary/aromatic N) is 4. The minimum atomic E-state index is 0.0478. The average molecular weight is 364 g/mol. The summed E-state index contributed by atoms with van der Waals surface area (Å²) in [5.41, 5.74) is 3.13. The highest BCUT2D eigenvalue weighted by molar-refractivity contribution is 5.76. The van der Waals surface area contributed by atoms with Gasteiger partial charge in [0.05, 0.1) is 5.69 Å². The minimum Gasteiger partial charge on any atom is -0.368 e. The van der Waals surface area contributed by atoms with Crippen molar-refractivity contribution >= 4 is 11.7 Å². The first-order chi connectivity index (χ1) is 13.1. The molecule has 1 amide bonds. The van der Waals surface area contributed by atoms with Crippen LogP contribution >= 0.6 is 0 Å². The maximum atomic E-state index is 11.9. The van der Waals surface area contributed by atoms with E-state index in [4.69, 9.17) is 0 Å². The van der Waals surface area contributed by atoms with Gasteiger partial charge in [-0.2, -0.15) is 5.10 Å². The van der Waals surface area contributed by atoms with E-state index in [2.05, 4.69) is 25.7 Å². The lowest BCUT2D eigenvalue weighted by Gasteiger charge is -2.09. The van der Waals surface area contributed by atoms with Crippen molar-refractivity contribution in [2.24, 2.45) is 0 Å². The molecule has 0 radical (unpaired) electrons. The Morgan fingerprint density at radius 2 is 1.89 bits per heavy atom. The molecule has 7 heteroatoms. The lowest BCUT2D eigenvalue weighted by molar-refractivity contribution is -0.120. The number of nitrogens with one attached hydrogen (secondary N) is 2. The molecule has 3 rings (SSSR count). The summed E-state index contributed by atoms with van der Waals surface area (Å²) in [6.07, 6.45) is 2.74. The summed E-state index contributed by atoms with van der Waals surface area (Å²) in [6.45, 7) is 5.06. The SMILES string of the molecule is Cc1cc(C)n(-c2cc(NCCNC(=O)CCc3ccccc3)ncn2)n1. The van der Waals surface area contributed by atoms with Crippen molar-refractivity contribution in [2.45, 2.75) is 26.7 Å². The van der Waals surface area contributed by atoms with Crippen molar-refractivity contribution in [2.75, 3.05) is 18.4 Å². The molecule has 0 saturated carbocycles. The Morgan fingerprint density at radius 3 is 2.63 bits per heavy atom. The predicted molar refractivity (Wildman–Crippen MR) is 105 cm³/mol. The van der Waals surface area contributed by atoms with Gasteiger partial charge >= 0.3 is 0 Å². The van der Waals surface area contributed by atoms with Gasteiger partial charge < -0.3 is 10.6 Å². The first kappa shape index (κ1) is 18.6. The Bertz CT molecular complexity index is 890. The molecule has 7 nitrogen and oxygen atoms in total. The molecule has 2 aromatic heterocycles. The van der Waals surface area contributed by atoms with Gasteiger partial charge in [0.25, 0.3) is 0 Å². The van der Waals surface area contributed by atoms with Crippen LogP contribution in [0.4, 0.5) is 5.82 Å². The molecule has 0 spiro atoms. The number of aromatic nitrogens is 4. The summed E-state index contributed by atoms with van der Waals surface area (Å²) in [5, 5.41) is 10.6. The summed E-state index contributed by atoms with van der Waals surface area (Å²) >= 11 is 0. The summed E-state index contributed by atoms with van der Waals surface area (Å²) in [5.74, 6) is 1.46. The number of hydrogen-bond acceptors (Lipinski definition) is 5. The third kappa shape index (κ3) is 5.37. The van der Waals surface area contributed by atoms with Gasteiger partial charge in [-0.1, -0.05) is 30.3 Å². The van der Waals surface area contributed by atoms with E-state index in [0.29, 0.717) is 31.1 Å². The van der Waals surface area contributed by atoms with Gasteiger partial charge in [0, 0.05) is 31.3 Å². The van der Waals surface area contributed by atoms with Crippen molar-refractivity contribution in [3.05, 3.63) is 65.7 Å². The Hall–Kier alpha value is -3.22. The third-order valence-electron chi connectivity index (χ3n) is 4.12. The monoisotopic (exact) mass is 364 g/mol. The van der Waals surface area contributed by atoms with E-state index in [9.17, 15) is 4.79 Å². The van der Waals surface area contributed by atoms with E-state index >= 15 is 0 Å². The van der Waals surface area contributed by atoms with E-state index in [0.717, 1.165) is 17.8 Å². The molecule has 0 aliphatic heterocycles. The van der Waals surface area contributed by atoms with Crippen molar-refractivity contribution in [3.8, 4) is 5.82 Å². The Balaban J connectivity index is 1.43. The third-order valence-corrected chi connectivity index (χ3v) is 4.12. The quantitative estimate of drug-likeness (QED) is 0.600. The Kier molecular flexibility index (Phi) is 6.14. The van der Waals surface area contributed by atoms with Crippen molar-refractivity contribution in [3.63, 3.8) is 0 Å². The summed E-state index contributed by atoms with van der Waals surface area (Å²) in [4.78, 5) is 20.4. The first-order valence-corrected chi connectivity index (χ1v) is 9.02. The lowest BCUT2D eigenvalue weighted by atomic mass is 10.1. The zero-order valence-electron chi connectivity index (χ0n) is 15.6. The molecule has 0 aliphatic carbocycles. The van der Waals surface area contributed by atoms with E-state index in [1.807, 2.05) is 56.3 Å². The molecule has 0 bridgehead atoms. The molecule has 2 N–H and O–H groups in total. The summed E-state index contributed by atoms with van der Waals surface area (Å²) < 4.78 is 1.79. The second-order valence-electron chi connectivity index (χ2n) is 6.36. The van der Waals surface area contributed by atoms with E-state index < -0.39 is 0 Å². The zero-order valence-corrected chi connectivity index (χ0v) is 15.6.